The highest BCUT2D eigenvalue weighted by Gasteiger charge is 2.38. The fourth-order valence-corrected chi connectivity index (χ4v) is 2.91. The maximum Gasteiger partial charge on any atom is 0.143 e. The fourth-order valence-electron chi connectivity index (χ4n) is 2.55. The SMILES string of the molecule is CCCC1CC(O)(c2cccc(Br)c2F)CCO1. The summed E-state index contributed by atoms with van der Waals surface area (Å²) in [5.74, 6) is -0.364. The van der Waals surface area contributed by atoms with Crippen LogP contribution in [-0.2, 0) is 10.3 Å². The van der Waals surface area contributed by atoms with Crippen LogP contribution < -0.4 is 0 Å². The molecule has 18 heavy (non-hydrogen) atoms. The van der Waals surface area contributed by atoms with Crippen LogP contribution in [0.25, 0.3) is 0 Å². The van der Waals surface area contributed by atoms with Gasteiger partial charge in [-0.2, -0.15) is 0 Å². The van der Waals surface area contributed by atoms with Gasteiger partial charge in [-0.05, 0) is 28.4 Å². The number of ether oxygens (including phenoxy) is 1. The molecule has 1 fully saturated rings. The predicted molar refractivity (Wildman–Crippen MR) is 71.9 cm³/mol. The van der Waals surface area contributed by atoms with Crippen molar-refractivity contribution in [1.82, 2.24) is 0 Å². The van der Waals surface area contributed by atoms with Gasteiger partial charge in [0, 0.05) is 18.4 Å². The molecule has 2 unspecified atom stereocenters. The molecule has 2 nitrogen and oxygen atoms in total. The van der Waals surface area contributed by atoms with E-state index in [-0.39, 0.29) is 11.9 Å². The number of halogens is 2. The number of hydrogen-bond donors (Lipinski definition) is 1. The molecule has 0 aliphatic carbocycles. The van der Waals surface area contributed by atoms with Gasteiger partial charge >= 0.3 is 0 Å². The van der Waals surface area contributed by atoms with E-state index in [4.69, 9.17) is 4.74 Å². The quantitative estimate of drug-likeness (QED) is 0.920. The van der Waals surface area contributed by atoms with E-state index >= 15 is 0 Å². The summed E-state index contributed by atoms with van der Waals surface area (Å²) in [6.45, 7) is 2.56. The number of rotatable bonds is 3. The highest BCUT2D eigenvalue weighted by Crippen LogP contribution is 2.38. The standard InChI is InChI=1S/C14H18BrFO2/c1-2-4-10-9-14(17,7-8-18-10)11-5-3-6-12(15)13(11)16/h3,5-6,10,17H,2,4,7-9H2,1H3. The van der Waals surface area contributed by atoms with E-state index in [9.17, 15) is 9.50 Å². The van der Waals surface area contributed by atoms with Crippen LogP contribution in [0.2, 0.25) is 0 Å². The summed E-state index contributed by atoms with van der Waals surface area (Å²) in [6.07, 6.45) is 2.83. The summed E-state index contributed by atoms with van der Waals surface area (Å²) in [7, 11) is 0. The van der Waals surface area contributed by atoms with E-state index in [1.165, 1.54) is 0 Å². The number of hydrogen-bond acceptors (Lipinski definition) is 2. The predicted octanol–water partition coefficient (Wildman–Crippen LogP) is 3.75. The average Bonchev–Trinajstić information content (AvgIpc) is 2.33. The topological polar surface area (TPSA) is 29.5 Å². The molecule has 1 aliphatic heterocycles. The molecule has 0 saturated carbocycles. The Morgan fingerprint density at radius 2 is 2.33 bits per heavy atom. The van der Waals surface area contributed by atoms with Crippen LogP contribution in [0.5, 0.6) is 0 Å². The smallest absolute Gasteiger partial charge is 0.143 e. The molecule has 1 aromatic carbocycles. The van der Waals surface area contributed by atoms with Crippen LogP contribution in [0.15, 0.2) is 22.7 Å². The van der Waals surface area contributed by atoms with Gasteiger partial charge in [-0.25, -0.2) is 4.39 Å². The van der Waals surface area contributed by atoms with E-state index in [0.717, 1.165) is 12.8 Å². The lowest BCUT2D eigenvalue weighted by Gasteiger charge is -2.37. The molecule has 0 amide bonds. The van der Waals surface area contributed by atoms with Crippen molar-refractivity contribution in [3.8, 4) is 0 Å². The summed E-state index contributed by atoms with van der Waals surface area (Å²) in [6, 6.07) is 5.06. The lowest BCUT2D eigenvalue weighted by Crippen LogP contribution is -2.39. The summed E-state index contributed by atoms with van der Waals surface area (Å²) in [5, 5.41) is 10.7. The van der Waals surface area contributed by atoms with E-state index in [1.807, 2.05) is 0 Å². The normalized spacial score (nSPS) is 28.3. The molecule has 1 heterocycles. The van der Waals surface area contributed by atoms with Gasteiger partial charge in [-0.3, -0.25) is 0 Å². The second-order valence-electron chi connectivity index (χ2n) is 4.87. The molecule has 2 rings (SSSR count). The summed E-state index contributed by atoms with van der Waals surface area (Å²) in [5.41, 5.74) is -0.729. The summed E-state index contributed by atoms with van der Waals surface area (Å²) in [4.78, 5) is 0. The highest BCUT2D eigenvalue weighted by atomic mass is 79.9. The van der Waals surface area contributed by atoms with E-state index in [1.54, 1.807) is 18.2 Å². The molecule has 0 spiro atoms. The van der Waals surface area contributed by atoms with Crippen LogP contribution >= 0.6 is 15.9 Å². The van der Waals surface area contributed by atoms with Gasteiger partial charge < -0.3 is 9.84 Å². The van der Waals surface area contributed by atoms with E-state index in [2.05, 4.69) is 22.9 Å². The van der Waals surface area contributed by atoms with Gasteiger partial charge in [-0.1, -0.05) is 25.5 Å². The molecule has 1 N–H and O–H groups in total. The van der Waals surface area contributed by atoms with Gasteiger partial charge in [-0.15, -0.1) is 0 Å². The maximum atomic E-state index is 14.1. The molecule has 1 saturated heterocycles. The van der Waals surface area contributed by atoms with Gasteiger partial charge in [0.05, 0.1) is 22.8 Å². The zero-order valence-corrected chi connectivity index (χ0v) is 12.0. The van der Waals surface area contributed by atoms with Crippen LogP contribution in [-0.4, -0.2) is 17.8 Å². The Labute approximate surface area is 115 Å². The Bertz CT molecular complexity index is 422. The molecule has 100 valence electrons. The zero-order chi connectivity index (χ0) is 13.2. The molecule has 0 bridgehead atoms. The minimum absolute atomic E-state index is 0.0205. The zero-order valence-electron chi connectivity index (χ0n) is 10.5. The van der Waals surface area contributed by atoms with Crippen molar-refractivity contribution in [3.63, 3.8) is 0 Å². The first-order valence-corrected chi connectivity index (χ1v) is 7.14. The third-order valence-corrected chi connectivity index (χ3v) is 4.11. The maximum absolute atomic E-state index is 14.1. The van der Waals surface area contributed by atoms with Crippen LogP contribution in [0.4, 0.5) is 4.39 Å². The Morgan fingerprint density at radius 3 is 3.06 bits per heavy atom. The molecule has 2 atom stereocenters. The fraction of sp³-hybridized carbons (Fsp3) is 0.571. The van der Waals surface area contributed by atoms with Gasteiger partial charge in [0.1, 0.15) is 5.82 Å². The minimum Gasteiger partial charge on any atom is -0.385 e. The van der Waals surface area contributed by atoms with Gasteiger partial charge in [0.15, 0.2) is 0 Å². The van der Waals surface area contributed by atoms with Crippen LogP contribution in [0.3, 0.4) is 0 Å². The van der Waals surface area contributed by atoms with Crippen molar-refractivity contribution in [2.75, 3.05) is 6.61 Å². The van der Waals surface area contributed by atoms with Crippen LogP contribution in [0.1, 0.15) is 38.2 Å². The van der Waals surface area contributed by atoms with Crippen molar-refractivity contribution >= 4 is 15.9 Å². The third-order valence-electron chi connectivity index (χ3n) is 3.50. The summed E-state index contributed by atoms with van der Waals surface area (Å²) >= 11 is 3.17. The van der Waals surface area contributed by atoms with Crippen molar-refractivity contribution in [3.05, 3.63) is 34.1 Å². The third kappa shape index (κ3) is 2.76. The molecule has 4 heteroatoms. The molecule has 1 aromatic rings. The number of aliphatic hydroxyl groups is 1. The van der Waals surface area contributed by atoms with E-state index < -0.39 is 5.60 Å². The lowest BCUT2D eigenvalue weighted by molar-refractivity contribution is -0.111. The first kappa shape index (κ1) is 14.0. The molecular weight excluding hydrogens is 299 g/mol. The summed E-state index contributed by atoms with van der Waals surface area (Å²) < 4.78 is 20.1. The van der Waals surface area contributed by atoms with Crippen LogP contribution in [0, 0.1) is 5.82 Å². The van der Waals surface area contributed by atoms with Crippen molar-refractivity contribution in [2.45, 2.75) is 44.3 Å². The highest BCUT2D eigenvalue weighted by molar-refractivity contribution is 9.10. The second-order valence-corrected chi connectivity index (χ2v) is 5.72. The second kappa shape index (κ2) is 5.68. The Kier molecular flexibility index (Phi) is 4.41. The van der Waals surface area contributed by atoms with Crippen molar-refractivity contribution in [2.24, 2.45) is 0 Å². The van der Waals surface area contributed by atoms with Gasteiger partial charge in [0.2, 0.25) is 0 Å². The first-order valence-electron chi connectivity index (χ1n) is 6.35. The van der Waals surface area contributed by atoms with Gasteiger partial charge in [0.25, 0.3) is 0 Å². The average molecular weight is 317 g/mol. The largest absolute Gasteiger partial charge is 0.385 e. The Balaban J connectivity index is 2.27. The molecule has 0 radical (unpaired) electrons. The van der Waals surface area contributed by atoms with E-state index in [0.29, 0.717) is 29.5 Å². The first-order chi connectivity index (χ1) is 8.57. The van der Waals surface area contributed by atoms with Crippen molar-refractivity contribution < 1.29 is 14.2 Å². The minimum atomic E-state index is -1.11. The Hall–Kier alpha value is -0.450. The van der Waals surface area contributed by atoms with Crippen molar-refractivity contribution in [1.29, 1.82) is 0 Å². The monoisotopic (exact) mass is 316 g/mol. The molecular formula is C14H18BrFO2. The molecule has 0 aromatic heterocycles. The molecule has 1 aliphatic rings. The Morgan fingerprint density at radius 1 is 1.56 bits per heavy atom. The number of benzene rings is 1. The lowest BCUT2D eigenvalue weighted by atomic mass is 9.82.